The Morgan fingerprint density at radius 3 is 2.41 bits per heavy atom. The number of aryl methyl sites for hydroxylation is 3. The van der Waals surface area contributed by atoms with E-state index in [1.54, 1.807) is 16.9 Å². The molecule has 4 heterocycles. The number of nitrogens with one attached hydrogen (secondary N) is 1. The van der Waals surface area contributed by atoms with Crippen LogP contribution >= 0.6 is 0 Å². The number of phenolic OH excluding ortho intramolecular Hbond substituents is 2. The van der Waals surface area contributed by atoms with Gasteiger partial charge in [0.2, 0.25) is 0 Å². The largest absolute Gasteiger partial charge is 0.504 e. The summed E-state index contributed by atoms with van der Waals surface area (Å²) in [6.45, 7) is 6.11. The first-order valence-electron chi connectivity index (χ1n) is 13.3. The average molecular weight is 542 g/mol. The first-order chi connectivity index (χ1) is 19.9. The lowest BCUT2D eigenvalue weighted by atomic mass is 9.93. The Hall–Kier alpha value is -5.44. The highest BCUT2D eigenvalue weighted by Crippen LogP contribution is 2.49. The van der Waals surface area contributed by atoms with Gasteiger partial charge in [0.15, 0.2) is 34.8 Å². The van der Waals surface area contributed by atoms with E-state index in [4.69, 9.17) is 15.1 Å². The Morgan fingerprint density at radius 1 is 0.805 bits per heavy atom. The number of hydrogen-bond acceptors (Lipinski definition) is 8. The van der Waals surface area contributed by atoms with E-state index in [1.165, 1.54) is 11.6 Å². The highest BCUT2D eigenvalue weighted by atomic mass is 16.3. The van der Waals surface area contributed by atoms with Crippen molar-refractivity contribution in [3.63, 3.8) is 0 Å². The van der Waals surface area contributed by atoms with Crippen LogP contribution in [0.5, 0.6) is 11.5 Å². The Morgan fingerprint density at radius 2 is 1.63 bits per heavy atom. The van der Waals surface area contributed by atoms with Crippen LogP contribution in [0.15, 0.2) is 95.0 Å². The zero-order chi connectivity index (χ0) is 28.2. The molecule has 0 aliphatic carbocycles. The quantitative estimate of drug-likeness (QED) is 0.228. The second-order valence-electron chi connectivity index (χ2n) is 10.3. The summed E-state index contributed by atoms with van der Waals surface area (Å²) in [5.41, 5.74) is 7.32. The molecule has 9 heteroatoms. The van der Waals surface area contributed by atoms with Gasteiger partial charge in [0.25, 0.3) is 0 Å². The lowest BCUT2D eigenvalue weighted by molar-refractivity contribution is 0.403. The van der Waals surface area contributed by atoms with Crippen molar-refractivity contribution in [3.05, 3.63) is 113 Å². The van der Waals surface area contributed by atoms with Crippen molar-refractivity contribution in [2.45, 2.75) is 26.8 Å². The van der Waals surface area contributed by atoms with Gasteiger partial charge in [0, 0.05) is 17.4 Å². The molecule has 9 nitrogen and oxygen atoms in total. The zero-order valence-electron chi connectivity index (χ0n) is 22.7. The first kappa shape index (κ1) is 24.6. The number of benzene rings is 3. The van der Waals surface area contributed by atoms with Gasteiger partial charge in [-0.3, -0.25) is 0 Å². The Balaban J connectivity index is 1.50. The van der Waals surface area contributed by atoms with E-state index in [9.17, 15) is 10.2 Å². The number of fused-ring (bicyclic) bond motifs is 4. The molecule has 0 unspecified atom stereocenters. The van der Waals surface area contributed by atoms with Crippen molar-refractivity contribution in [1.82, 2.24) is 14.8 Å². The molecule has 0 saturated carbocycles. The number of amidine groups is 2. The van der Waals surface area contributed by atoms with Crippen LogP contribution in [-0.2, 0) is 0 Å². The van der Waals surface area contributed by atoms with E-state index in [0.29, 0.717) is 23.3 Å². The first-order valence-corrected chi connectivity index (χ1v) is 13.3. The van der Waals surface area contributed by atoms with Gasteiger partial charge in [-0.05, 0) is 86.0 Å². The third-order valence-corrected chi connectivity index (χ3v) is 7.59. The van der Waals surface area contributed by atoms with E-state index in [-0.39, 0.29) is 11.5 Å². The van der Waals surface area contributed by atoms with Crippen molar-refractivity contribution >= 4 is 34.6 Å². The molecule has 2 aliphatic heterocycles. The second kappa shape index (κ2) is 9.34. The van der Waals surface area contributed by atoms with Crippen LogP contribution in [0.3, 0.4) is 0 Å². The maximum Gasteiger partial charge on any atom is 0.179 e. The standard InChI is InChI=1S/C32H27N7O2/c1-18-11-13-22(16-19(18)2)34-30-32-36-31-28(20(3)37-39(31)27-10-6-7-15-33-27)29(21-12-14-25(40)26(41)17-21)38(32)24-9-5-4-8-23(24)35-30/h4-17,29,40-41H,1-3H3,(H,34,35)/t29-/m0/s1. The zero-order valence-corrected chi connectivity index (χ0v) is 22.7. The summed E-state index contributed by atoms with van der Waals surface area (Å²) < 4.78 is 1.75. The smallest absolute Gasteiger partial charge is 0.179 e. The maximum atomic E-state index is 10.6. The van der Waals surface area contributed by atoms with Crippen molar-refractivity contribution in [2.24, 2.45) is 9.98 Å². The Labute approximate surface area is 236 Å². The number of anilines is 2. The fraction of sp³-hybridized carbons (Fsp3) is 0.125. The minimum Gasteiger partial charge on any atom is -0.504 e. The van der Waals surface area contributed by atoms with Gasteiger partial charge in [0.05, 0.1) is 23.1 Å². The number of aromatic hydroxyl groups is 2. The molecule has 2 aliphatic rings. The molecule has 2 aromatic heterocycles. The van der Waals surface area contributed by atoms with E-state index < -0.39 is 6.04 Å². The minimum atomic E-state index is -0.435. The molecule has 0 spiro atoms. The van der Waals surface area contributed by atoms with E-state index >= 15 is 0 Å². The third-order valence-electron chi connectivity index (χ3n) is 7.59. The molecule has 7 rings (SSSR count). The average Bonchev–Trinajstić information content (AvgIpc) is 3.32. The number of aromatic nitrogens is 3. The van der Waals surface area contributed by atoms with Crippen LogP contribution < -0.4 is 10.2 Å². The van der Waals surface area contributed by atoms with Crippen molar-refractivity contribution < 1.29 is 10.2 Å². The summed E-state index contributed by atoms with van der Waals surface area (Å²) in [4.78, 5) is 16.9. The number of hydrogen-bond donors (Lipinski definition) is 3. The van der Waals surface area contributed by atoms with Crippen LogP contribution in [0.2, 0.25) is 0 Å². The summed E-state index contributed by atoms with van der Waals surface area (Å²) in [7, 11) is 0. The molecule has 0 bridgehead atoms. The topological polar surface area (TPSA) is 111 Å². The van der Waals surface area contributed by atoms with Gasteiger partial charge >= 0.3 is 0 Å². The van der Waals surface area contributed by atoms with Crippen LogP contribution in [-0.4, -0.2) is 36.6 Å². The molecule has 3 N–H and O–H groups in total. The lowest BCUT2D eigenvalue weighted by Gasteiger charge is -2.40. The molecule has 202 valence electrons. The van der Waals surface area contributed by atoms with Crippen molar-refractivity contribution in [2.75, 3.05) is 10.2 Å². The van der Waals surface area contributed by atoms with Crippen LogP contribution in [0.25, 0.3) is 5.82 Å². The fourth-order valence-corrected chi connectivity index (χ4v) is 5.42. The SMILES string of the molecule is Cc1ccc(NC2=Nc3ccccc3N3C2=Nc2c(c(C)nn2-c2ccccn2)[C@@H]3c2ccc(O)c(O)c2)cc1C. The van der Waals surface area contributed by atoms with E-state index in [0.717, 1.165) is 39.4 Å². The van der Waals surface area contributed by atoms with Gasteiger partial charge in [-0.1, -0.05) is 30.3 Å². The number of phenols is 2. The Kier molecular flexibility index (Phi) is 5.60. The number of para-hydroxylation sites is 2. The highest BCUT2D eigenvalue weighted by Gasteiger charge is 2.41. The van der Waals surface area contributed by atoms with Crippen molar-refractivity contribution in [1.29, 1.82) is 0 Å². The Bertz CT molecular complexity index is 1890. The number of pyridine rings is 1. The van der Waals surface area contributed by atoms with Crippen LogP contribution in [0.4, 0.5) is 22.9 Å². The number of nitrogens with zero attached hydrogens (tertiary/aromatic N) is 6. The molecule has 41 heavy (non-hydrogen) atoms. The molecule has 0 amide bonds. The summed E-state index contributed by atoms with van der Waals surface area (Å²) in [5, 5.41) is 29.1. The number of rotatable bonds is 3. The van der Waals surface area contributed by atoms with Crippen LogP contribution in [0.1, 0.15) is 34.0 Å². The maximum absolute atomic E-state index is 10.6. The number of aliphatic imine (C=N–C) groups is 2. The second-order valence-corrected chi connectivity index (χ2v) is 10.3. The van der Waals surface area contributed by atoms with Gasteiger partial charge in [-0.2, -0.15) is 9.78 Å². The van der Waals surface area contributed by atoms with Gasteiger partial charge < -0.3 is 20.4 Å². The van der Waals surface area contributed by atoms with E-state index in [2.05, 4.69) is 41.2 Å². The summed E-state index contributed by atoms with van der Waals surface area (Å²) in [5.74, 6) is 2.06. The van der Waals surface area contributed by atoms with Gasteiger partial charge in [-0.15, -0.1) is 0 Å². The monoisotopic (exact) mass is 541 g/mol. The van der Waals surface area contributed by atoms with Crippen LogP contribution in [0, 0.1) is 20.8 Å². The predicted octanol–water partition coefficient (Wildman–Crippen LogP) is 6.40. The molecule has 3 aromatic carbocycles. The third kappa shape index (κ3) is 4.01. The predicted molar refractivity (Wildman–Crippen MR) is 160 cm³/mol. The molecular formula is C32H27N7O2. The van der Waals surface area contributed by atoms with Gasteiger partial charge in [-0.25, -0.2) is 15.0 Å². The van der Waals surface area contributed by atoms with Gasteiger partial charge in [0.1, 0.15) is 0 Å². The molecule has 0 saturated heterocycles. The summed E-state index contributed by atoms with van der Waals surface area (Å²) >= 11 is 0. The van der Waals surface area contributed by atoms with Crippen molar-refractivity contribution in [3.8, 4) is 17.3 Å². The molecular weight excluding hydrogens is 514 g/mol. The molecule has 0 fully saturated rings. The molecule has 0 radical (unpaired) electrons. The summed E-state index contributed by atoms with van der Waals surface area (Å²) in [6, 6.07) is 24.2. The lowest BCUT2D eigenvalue weighted by Crippen LogP contribution is -2.46. The minimum absolute atomic E-state index is 0.183. The highest BCUT2D eigenvalue weighted by molar-refractivity contribution is 6.51. The normalized spacial score (nSPS) is 15.4. The fourth-order valence-electron chi connectivity index (χ4n) is 5.42. The summed E-state index contributed by atoms with van der Waals surface area (Å²) in [6.07, 6.45) is 1.72. The van der Waals surface area contributed by atoms with E-state index in [1.807, 2.05) is 61.5 Å². The molecule has 1 atom stereocenters. The molecule has 5 aromatic rings.